The van der Waals surface area contributed by atoms with Crippen molar-refractivity contribution < 1.29 is 15.0 Å². The lowest BCUT2D eigenvalue weighted by Gasteiger charge is -2.04. The zero-order valence-electron chi connectivity index (χ0n) is 8.44. The van der Waals surface area contributed by atoms with E-state index in [-0.39, 0.29) is 12.2 Å². The first kappa shape index (κ1) is 11.5. The van der Waals surface area contributed by atoms with E-state index in [0.29, 0.717) is 19.5 Å². The smallest absolute Gasteiger partial charge is 0.303 e. The summed E-state index contributed by atoms with van der Waals surface area (Å²) in [5.41, 5.74) is 0.991. The normalized spacial score (nSPS) is 10.1. The molecule has 1 aromatic rings. The van der Waals surface area contributed by atoms with E-state index >= 15 is 0 Å². The summed E-state index contributed by atoms with van der Waals surface area (Å²) >= 11 is 0. The maximum absolute atomic E-state index is 10.2. The van der Waals surface area contributed by atoms with Crippen LogP contribution in [0.3, 0.4) is 0 Å². The second-order valence-corrected chi connectivity index (χ2v) is 3.34. The minimum atomic E-state index is -0.769. The van der Waals surface area contributed by atoms with Gasteiger partial charge in [-0.05, 0) is 30.7 Å². The van der Waals surface area contributed by atoms with Crippen LogP contribution in [0.2, 0.25) is 0 Å². The lowest BCUT2D eigenvalue weighted by Crippen LogP contribution is -2.15. The molecule has 3 N–H and O–H groups in total. The highest BCUT2D eigenvalue weighted by molar-refractivity contribution is 5.66. The predicted octanol–water partition coefficient (Wildman–Crippen LogP) is 1.35. The second-order valence-electron chi connectivity index (χ2n) is 3.34. The third kappa shape index (κ3) is 5.02. The Morgan fingerprint density at radius 1 is 1.40 bits per heavy atom. The van der Waals surface area contributed by atoms with Crippen molar-refractivity contribution in [2.75, 3.05) is 6.54 Å². The number of hydrogen-bond acceptors (Lipinski definition) is 3. The number of benzene rings is 1. The minimum absolute atomic E-state index is 0.188. The zero-order valence-corrected chi connectivity index (χ0v) is 8.44. The Bertz CT molecular complexity index is 325. The molecule has 0 amide bonds. The van der Waals surface area contributed by atoms with Crippen molar-refractivity contribution >= 4 is 5.97 Å². The van der Waals surface area contributed by atoms with E-state index in [1.807, 2.05) is 6.07 Å². The molecule has 4 heteroatoms. The molecular formula is C11H15NO3. The van der Waals surface area contributed by atoms with Gasteiger partial charge in [-0.3, -0.25) is 4.79 Å². The molecular weight excluding hydrogens is 194 g/mol. The van der Waals surface area contributed by atoms with Gasteiger partial charge >= 0.3 is 5.97 Å². The van der Waals surface area contributed by atoms with Gasteiger partial charge in [0.2, 0.25) is 0 Å². The Labute approximate surface area is 88.6 Å². The fraction of sp³-hybridized carbons (Fsp3) is 0.364. The molecule has 0 saturated heterocycles. The van der Waals surface area contributed by atoms with Crippen molar-refractivity contribution in [1.29, 1.82) is 0 Å². The number of nitrogens with one attached hydrogen (secondary N) is 1. The van der Waals surface area contributed by atoms with E-state index in [0.717, 1.165) is 5.56 Å². The Kier molecular flexibility index (Phi) is 4.63. The molecule has 82 valence electrons. The largest absolute Gasteiger partial charge is 0.508 e. The molecule has 0 fully saturated rings. The molecule has 0 radical (unpaired) electrons. The van der Waals surface area contributed by atoms with Crippen molar-refractivity contribution in [3.63, 3.8) is 0 Å². The molecule has 0 bridgehead atoms. The van der Waals surface area contributed by atoms with Crippen LogP contribution < -0.4 is 5.32 Å². The average molecular weight is 209 g/mol. The van der Waals surface area contributed by atoms with Gasteiger partial charge in [0, 0.05) is 13.0 Å². The standard InChI is InChI=1S/C11H15NO3/c13-10-4-1-3-9(7-10)8-12-6-2-5-11(14)15/h1,3-4,7,12-13H,2,5-6,8H2,(H,14,15). The van der Waals surface area contributed by atoms with E-state index < -0.39 is 5.97 Å². The van der Waals surface area contributed by atoms with Crippen LogP contribution in [0.5, 0.6) is 5.75 Å². The van der Waals surface area contributed by atoms with Crippen molar-refractivity contribution in [2.45, 2.75) is 19.4 Å². The molecule has 0 aliphatic heterocycles. The van der Waals surface area contributed by atoms with Gasteiger partial charge < -0.3 is 15.5 Å². The Hall–Kier alpha value is -1.55. The van der Waals surface area contributed by atoms with Gasteiger partial charge in [-0.15, -0.1) is 0 Å². The van der Waals surface area contributed by atoms with Gasteiger partial charge in [-0.1, -0.05) is 12.1 Å². The zero-order chi connectivity index (χ0) is 11.1. The van der Waals surface area contributed by atoms with E-state index in [2.05, 4.69) is 5.32 Å². The van der Waals surface area contributed by atoms with E-state index in [9.17, 15) is 9.90 Å². The van der Waals surface area contributed by atoms with Crippen LogP contribution in [-0.2, 0) is 11.3 Å². The molecule has 0 aliphatic rings. The number of carboxylic acid groups (broad SMARTS) is 1. The van der Waals surface area contributed by atoms with Crippen LogP contribution in [-0.4, -0.2) is 22.7 Å². The maximum Gasteiger partial charge on any atom is 0.303 e. The summed E-state index contributed by atoms with van der Waals surface area (Å²) in [7, 11) is 0. The molecule has 0 aliphatic carbocycles. The molecule has 0 heterocycles. The molecule has 0 aromatic heterocycles. The highest BCUT2D eigenvalue weighted by Gasteiger charge is 1.97. The number of hydrogen-bond donors (Lipinski definition) is 3. The molecule has 0 atom stereocenters. The first-order valence-corrected chi connectivity index (χ1v) is 4.89. The summed E-state index contributed by atoms with van der Waals surface area (Å²) in [4.78, 5) is 10.2. The van der Waals surface area contributed by atoms with Crippen LogP contribution in [0.15, 0.2) is 24.3 Å². The fourth-order valence-electron chi connectivity index (χ4n) is 1.26. The van der Waals surface area contributed by atoms with E-state index in [1.54, 1.807) is 18.2 Å². The Morgan fingerprint density at radius 2 is 2.20 bits per heavy atom. The topological polar surface area (TPSA) is 69.6 Å². The maximum atomic E-state index is 10.2. The summed E-state index contributed by atoms with van der Waals surface area (Å²) in [5, 5.41) is 20.7. The van der Waals surface area contributed by atoms with Crippen molar-refractivity contribution in [3.05, 3.63) is 29.8 Å². The molecule has 15 heavy (non-hydrogen) atoms. The Morgan fingerprint density at radius 3 is 2.87 bits per heavy atom. The number of phenols is 1. The minimum Gasteiger partial charge on any atom is -0.508 e. The summed E-state index contributed by atoms with van der Waals surface area (Å²) in [6.07, 6.45) is 0.807. The van der Waals surface area contributed by atoms with Crippen molar-refractivity contribution in [3.8, 4) is 5.75 Å². The lowest BCUT2D eigenvalue weighted by atomic mass is 10.2. The van der Waals surface area contributed by atoms with Crippen LogP contribution >= 0.6 is 0 Å². The number of aliphatic carboxylic acids is 1. The SMILES string of the molecule is O=C(O)CCCNCc1cccc(O)c1. The van der Waals surface area contributed by atoms with Crippen molar-refractivity contribution in [1.82, 2.24) is 5.32 Å². The monoisotopic (exact) mass is 209 g/mol. The number of phenolic OH excluding ortho intramolecular Hbond substituents is 1. The third-order valence-corrected chi connectivity index (χ3v) is 1.98. The molecule has 1 rings (SSSR count). The average Bonchev–Trinajstić information content (AvgIpc) is 2.17. The molecule has 4 nitrogen and oxygen atoms in total. The summed E-state index contributed by atoms with van der Waals surface area (Å²) in [6, 6.07) is 6.99. The molecule has 0 spiro atoms. The molecule has 0 saturated carbocycles. The quantitative estimate of drug-likeness (QED) is 0.618. The second kappa shape index (κ2) is 6.03. The summed E-state index contributed by atoms with van der Waals surface area (Å²) in [5.74, 6) is -0.519. The van der Waals surface area contributed by atoms with E-state index in [4.69, 9.17) is 5.11 Å². The summed E-state index contributed by atoms with van der Waals surface area (Å²) < 4.78 is 0. The Balaban J connectivity index is 2.17. The van der Waals surface area contributed by atoms with E-state index in [1.165, 1.54) is 0 Å². The fourth-order valence-corrected chi connectivity index (χ4v) is 1.26. The third-order valence-electron chi connectivity index (χ3n) is 1.98. The first-order chi connectivity index (χ1) is 7.18. The van der Waals surface area contributed by atoms with Crippen LogP contribution in [0.4, 0.5) is 0 Å². The number of carbonyl (C=O) groups is 1. The predicted molar refractivity (Wildman–Crippen MR) is 56.7 cm³/mol. The van der Waals surface area contributed by atoms with Gasteiger partial charge in [0.1, 0.15) is 5.75 Å². The molecule has 1 aromatic carbocycles. The number of carboxylic acids is 1. The molecule has 0 unspecified atom stereocenters. The van der Waals surface area contributed by atoms with Gasteiger partial charge in [0.15, 0.2) is 0 Å². The first-order valence-electron chi connectivity index (χ1n) is 4.89. The van der Waals surface area contributed by atoms with Gasteiger partial charge in [0.25, 0.3) is 0 Å². The summed E-state index contributed by atoms with van der Waals surface area (Å²) in [6.45, 7) is 1.32. The lowest BCUT2D eigenvalue weighted by molar-refractivity contribution is -0.137. The van der Waals surface area contributed by atoms with Crippen molar-refractivity contribution in [2.24, 2.45) is 0 Å². The number of rotatable bonds is 6. The van der Waals surface area contributed by atoms with Gasteiger partial charge in [-0.25, -0.2) is 0 Å². The van der Waals surface area contributed by atoms with Gasteiger partial charge in [-0.2, -0.15) is 0 Å². The highest BCUT2D eigenvalue weighted by atomic mass is 16.4. The van der Waals surface area contributed by atoms with Crippen LogP contribution in [0.25, 0.3) is 0 Å². The van der Waals surface area contributed by atoms with Crippen LogP contribution in [0, 0.1) is 0 Å². The van der Waals surface area contributed by atoms with Gasteiger partial charge in [0.05, 0.1) is 0 Å². The van der Waals surface area contributed by atoms with Crippen LogP contribution in [0.1, 0.15) is 18.4 Å². The number of aromatic hydroxyl groups is 1. The highest BCUT2D eigenvalue weighted by Crippen LogP contribution is 2.10.